The number of halogens is 1. The highest BCUT2D eigenvalue weighted by Crippen LogP contribution is 2.38. The van der Waals surface area contributed by atoms with E-state index in [2.05, 4.69) is 16.0 Å². The molecule has 0 saturated carbocycles. The summed E-state index contributed by atoms with van der Waals surface area (Å²) in [5, 5.41) is 8.16. The van der Waals surface area contributed by atoms with Gasteiger partial charge in [0.2, 0.25) is 5.91 Å². The van der Waals surface area contributed by atoms with Crippen molar-refractivity contribution in [1.82, 2.24) is 5.32 Å². The predicted molar refractivity (Wildman–Crippen MR) is 126 cm³/mol. The summed E-state index contributed by atoms with van der Waals surface area (Å²) in [4.78, 5) is 24.6. The Kier molecular flexibility index (Phi) is 8.88. The van der Waals surface area contributed by atoms with E-state index in [1.165, 1.54) is 0 Å². The smallest absolute Gasteiger partial charge is 0.319 e. The van der Waals surface area contributed by atoms with Crippen molar-refractivity contribution in [3.05, 3.63) is 35.4 Å². The lowest BCUT2D eigenvalue weighted by Crippen LogP contribution is -2.35. The van der Waals surface area contributed by atoms with Crippen molar-refractivity contribution in [2.45, 2.75) is 26.7 Å². The standard InChI is InChI=1S/C23H28ClN3O6/c1-3-7-30-18-6-5-15(11-19(18)31-8-4-2)26-23(29)25-14-22(28)27-17-13-21-20(12-16(17)24)32-9-10-33-21/h5-6,11-13H,3-4,7-10,14H2,1-2H3,(H,27,28)(H2,25,26,29). The van der Waals surface area contributed by atoms with Crippen LogP contribution in [0.15, 0.2) is 30.3 Å². The van der Waals surface area contributed by atoms with Crippen molar-refractivity contribution in [3.63, 3.8) is 0 Å². The summed E-state index contributed by atoms with van der Waals surface area (Å²) in [6.07, 6.45) is 1.71. The van der Waals surface area contributed by atoms with E-state index in [0.29, 0.717) is 65.8 Å². The van der Waals surface area contributed by atoms with Gasteiger partial charge in [0, 0.05) is 23.9 Å². The number of carbonyl (C=O) groups excluding carboxylic acids is 2. The van der Waals surface area contributed by atoms with E-state index >= 15 is 0 Å². The van der Waals surface area contributed by atoms with Crippen LogP contribution in [-0.2, 0) is 4.79 Å². The maximum atomic E-state index is 12.3. The van der Waals surface area contributed by atoms with Gasteiger partial charge in [0.25, 0.3) is 0 Å². The Morgan fingerprint density at radius 2 is 1.61 bits per heavy atom. The Balaban J connectivity index is 1.54. The second kappa shape index (κ2) is 12.1. The van der Waals surface area contributed by atoms with E-state index in [4.69, 9.17) is 30.5 Å². The van der Waals surface area contributed by atoms with Crippen molar-refractivity contribution in [2.75, 3.05) is 43.6 Å². The molecule has 0 saturated heterocycles. The Bertz CT molecular complexity index is 985. The van der Waals surface area contributed by atoms with Gasteiger partial charge in [0.1, 0.15) is 13.2 Å². The second-order valence-electron chi connectivity index (χ2n) is 7.19. The van der Waals surface area contributed by atoms with Gasteiger partial charge < -0.3 is 34.9 Å². The third kappa shape index (κ3) is 7.08. The molecule has 2 aromatic rings. The van der Waals surface area contributed by atoms with Crippen LogP contribution < -0.4 is 34.9 Å². The van der Waals surface area contributed by atoms with Crippen molar-refractivity contribution in [2.24, 2.45) is 0 Å². The van der Waals surface area contributed by atoms with E-state index in [-0.39, 0.29) is 6.54 Å². The van der Waals surface area contributed by atoms with Gasteiger partial charge in [0.15, 0.2) is 23.0 Å². The fourth-order valence-corrected chi connectivity index (χ4v) is 3.13. The maximum absolute atomic E-state index is 12.3. The van der Waals surface area contributed by atoms with Gasteiger partial charge in [-0.05, 0) is 25.0 Å². The van der Waals surface area contributed by atoms with E-state index in [9.17, 15) is 9.59 Å². The average molecular weight is 478 g/mol. The van der Waals surface area contributed by atoms with Crippen LogP contribution in [0.3, 0.4) is 0 Å². The van der Waals surface area contributed by atoms with Crippen LogP contribution in [-0.4, -0.2) is 44.9 Å². The highest BCUT2D eigenvalue weighted by atomic mass is 35.5. The van der Waals surface area contributed by atoms with Gasteiger partial charge in [-0.25, -0.2) is 4.79 Å². The number of anilines is 2. The minimum Gasteiger partial charge on any atom is -0.490 e. The molecule has 9 nitrogen and oxygen atoms in total. The van der Waals surface area contributed by atoms with Crippen molar-refractivity contribution in [3.8, 4) is 23.0 Å². The van der Waals surface area contributed by atoms with Crippen molar-refractivity contribution in [1.29, 1.82) is 0 Å². The number of fused-ring (bicyclic) bond motifs is 1. The second-order valence-corrected chi connectivity index (χ2v) is 7.60. The largest absolute Gasteiger partial charge is 0.490 e. The minimum absolute atomic E-state index is 0.256. The zero-order valence-corrected chi connectivity index (χ0v) is 19.4. The number of hydrogen-bond acceptors (Lipinski definition) is 6. The Morgan fingerprint density at radius 3 is 2.30 bits per heavy atom. The Morgan fingerprint density at radius 1 is 0.939 bits per heavy atom. The van der Waals surface area contributed by atoms with Crippen LogP contribution in [0.1, 0.15) is 26.7 Å². The first-order valence-corrected chi connectivity index (χ1v) is 11.2. The normalized spacial score (nSPS) is 12.0. The molecule has 178 valence electrons. The van der Waals surface area contributed by atoms with Crippen molar-refractivity contribution >= 4 is 34.9 Å². The Hall–Kier alpha value is -3.33. The van der Waals surface area contributed by atoms with Gasteiger partial charge >= 0.3 is 6.03 Å². The fourth-order valence-electron chi connectivity index (χ4n) is 2.93. The molecule has 0 bridgehead atoms. The highest BCUT2D eigenvalue weighted by Gasteiger charge is 2.17. The highest BCUT2D eigenvalue weighted by molar-refractivity contribution is 6.34. The molecule has 0 aliphatic carbocycles. The summed E-state index contributed by atoms with van der Waals surface area (Å²) in [5.41, 5.74) is 0.881. The molecule has 1 aliphatic rings. The van der Waals surface area contributed by atoms with Crippen LogP contribution in [0.25, 0.3) is 0 Å². The van der Waals surface area contributed by atoms with E-state index in [1.54, 1.807) is 30.3 Å². The van der Waals surface area contributed by atoms with E-state index < -0.39 is 11.9 Å². The van der Waals surface area contributed by atoms with E-state index in [1.807, 2.05) is 13.8 Å². The summed E-state index contributed by atoms with van der Waals surface area (Å²) in [6, 6.07) is 7.77. The molecule has 3 N–H and O–H groups in total. The van der Waals surface area contributed by atoms with Crippen LogP contribution in [0.5, 0.6) is 23.0 Å². The third-order valence-corrected chi connectivity index (χ3v) is 4.75. The molecule has 10 heteroatoms. The number of hydrogen-bond donors (Lipinski definition) is 3. The fraction of sp³-hybridized carbons (Fsp3) is 0.391. The zero-order valence-electron chi connectivity index (χ0n) is 18.7. The van der Waals surface area contributed by atoms with Crippen LogP contribution in [0.2, 0.25) is 5.02 Å². The van der Waals surface area contributed by atoms with Gasteiger partial charge in [-0.1, -0.05) is 25.4 Å². The first kappa shape index (κ1) is 24.3. The third-order valence-electron chi connectivity index (χ3n) is 4.44. The number of carbonyl (C=O) groups is 2. The van der Waals surface area contributed by atoms with Gasteiger partial charge in [0.05, 0.1) is 30.5 Å². The quantitative estimate of drug-likeness (QED) is 0.466. The van der Waals surface area contributed by atoms with Gasteiger partial charge in [-0.2, -0.15) is 0 Å². The van der Waals surface area contributed by atoms with Crippen molar-refractivity contribution < 1.29 is 28.5 Å². The van der Waals surface area contributed by atoms with Gasteiger partial charge in [-0.3, -0.25) is 4.79 Å². The lowest BCUT2D eigenvalue weighted by molar-refractivity contribution is -0.115. The number of ether oxygens (including phenoxy) is 4. The van der Waals surface area contributed by atoms with Crippen LogP contribution in [0, 0.1) is 0 Å². The molecule has 0 radical (unpaired) electrons. The molecule has 1 aliphatic heterocycles. The molecule has 1 heterocycles. The molecular formula is C23H28ClN3O6. The maximum Gasteiger partial charge on any atom is 0.319 e. The summed E-state index contributed by atoms with van der Waals surface area (Å²) in [6.45, 7) is 5.72. The molecule has 3 rings (SSSR count). The number of benzene rings is 2. The molecule has 0 unspecified atom stereocenters. The summed E-state index contributed by atoms with van der Waals surface area (Å²) < 4.78 is 22.4. The SMILES string of the molecule is CCCOc1ccc(NC(=O)NCC(=O)Nc2cc3c(cc2Cl)OCCO3)cc1OCCC. The predicted octanol–water partition coefficient (Wildman–Crippen LogP) is 4.45. The van der Waals surface area contributed by atoms with Crippen LogP contribution in [0.4, 0.5) is 16.2 Å². The lowest BCUT2D eigenvalue weighted by atomic mass is 10.2. The molecular weight excluding hydrogens is 450 g/mol. The summed E-state index contributed by atoms with van der Waals surface area (Å²) in [5.74, 6) is 1.74. The molecule has 0 fully saturated rings. The minimum atomic E-state index is -0.540. The monoisotopic (exact) mass is 477 g/mol. The number of rotatable bonds is 10. The first-order valence-electron chi connectivity index (χ1n) is 10.8. The Labute approximate surface area is 197 Å². The summed E-state index contributed by atoms with van der Waals surface area (Å²) in [7, 11) is 0. The van der Waals surface area contributed by atoms with Crippen LogP contribution >= 0.6 is 11.6 Å². The zero-order chi connectivity index (χ0) is 23.6. The molecule has 3 amide bonds. The number of amides is 3. The first-order chi connectivity index (χ1) is 16.0. The average Bonchev–Trinajstić information content (AvgIpc) is 2.81. The molecule has 2 aromatic carbocycles. The van der Waals surface area contributed by atoms with Gasteiger partial charge in [-0.15, -0.1) is 0 Å². The molecule has 33 heavy (non-hydrogen) atoms. The molecule has 0 aromatic heterocycles. The lowest BCUT2D eigenvalue weighted by Gasteiger charge is -2.20. The molecule has 0 atom stereocenters. The molecule has 0 spiro atoms. The van der Waals surface area contributed by atoms with E-state index in [0.717, 1.165) is 12.8 Å². The topological polar surface area (TPSA) is 107 Å². The summed E-state index contributed by atoms with van der Waals surface area (Å²) >= 11 is 6.20. The number of nitrogens with one attached hydrogen (secondary N) is 3. The number of urea groups is 1.